The number of hydrogen-bond donors (Lipinski definition) is 1. The molecule has 10 heteroatoms. The molecule has 1 fully saturated rings. The molecular formula is C22H26ClF3N4O2. The zero-order valence-electron chi connectivity index (χ0n) is 18.1. The molecule has 0 saturated carbocycles. The number of likely N-dealkylation sites (tertiary alicyclic amines) is 1. The average Bonchev–Trinajstić information content (AvgIpc) is 3.08. The topological polar surface area (TPSA) is 59.4 Å². The Hall–Kier alpha value is -2.42. The van der Waals surface area contributed by atoms with Crippen LogP contribution in [-0.4, -0.2) is 46.0 Å². The lowest BCUT2D eigenvalue weighted by atomic mass is 9.96. The van der Waals surface area contributed by atoms with Crippen molar-refractivity contribution >= 4 is 23.3 Å². The predicted molar refractivity (Wildman–Crippen MR) is 115 cm³/mol. The number of aromatic nitrogens is 2. The minimum atomic E-state index is -4.55. The minimum Gasteiger partial charge on any atom is -0.497 e. The van der Waals surface area contributed by atoms with Gasteiger partial charge in [-0.15, -0.1) is 0 Å². The first-order chi connectivity index (χ1) is 15.1. The van der Waals surface area contributed by atoms with Gasteiger partial charge in [-0.05, 0) is 50.8 Å². The van der Waals surface area contributed by atoms with E-state index in [4.69, 9.17) is 16.3 Å². The summed E-state index contributed by atoms with van der Waals surface area (Å²) in [6.45, 7) is 3.88. The lowest BCUT2D eigenvalue weighted by Crippen LogP contribution is -2.47. The Morgan fingerprint density at radius 2 is 1.81 bits per heavy atom. The van der Waals surface area contributed by atoms with Crippen LogP contribution in [0.1, 0.15) is 67.7 Å². The standard InChI is InChI=1S/C22H26ClF3N4O2/c1-12-5-4-6-13(2)29(12)21(31)19-18(23)20-27-16(14-7-9-15(32-3)10-8-14)11-17(22(24,25)26)30(20)28-19/h7-10,12-13,16-17,27H,4-6,11H2,1-3H3/t12-,13-,16-,17+/m0/s1. The van der Waals surface area contributed by atoms with E-state index in [1.165, 1.54) is 7.11 Å². The van der Waals surface area contributed by atoms with Crippen LogP contribution in [0.3, 0.4) is 0 Å². The number of alkyl halides is 3. The molecule has 2 aromatic rings. The highest BCUT2D eigenvalue weighted by Crippen LogP contribution is 2.46. The van der Waals surface area contributed by atoms with Crippen molar-refractivity contribution in [2.24, 2.45) is 0 Å². The van der Waals surface area contributed by atoms with E-state index in [2.05, 4.69) is 10.4 Å². The first kappa shape index (κ1) is 22.8. The molecule has 0 unspecified atom stereocenters. The van der Waals surface area contributed by atoms with Crippen LogP contribution in [0.2, 0.25) is 5.02 Å². The molecule has 0 spiro atoms. The monoisotopic (exact) mass is 470 g/mol. The number of piperidine rings is 1. The molecule has 6 nitrogen and oxygen atoms in total. The maximum absolute atomic E-state index is 14.0. The summed E-state index contributed by atoms with van der Waals surface area (Å²) in [6, 6.07) is 4.22. The van der Waals surface area contributed by atoms with Crippen molar-refractivity contribution in [1.29, 1.82) is 0 Å². The van der Waals surface area contributed by atoms with Crippen molar-refractivity contribution in [3.05, 3.63) is 40.5 Å². The van der Waals surface area contributed by atoms with Gasteiger partial charge in [0.2, 0.25) is 0 Å². The van der Waals surface area contributed by atoms with Gasteiger partial charge in [0.15, 0.2) is 11.7 Å². The number of nitrogens with zero attached hydrogens (tertiary/aromatic N) is 3. The van der Waals surface area contributed by atoms with Crippen molar-refractivity contribution in [1.82, 2.24) is 14.7 Å². The molecule has 0 radical (unpaired) electrons. The Bertz CT molecular complexity index is 982. The fraction of sp³-hybridized carbons (Fsp3) is 0.545. The highest BCUT2D eigenvalue weighted by Gasteiger charge is 2.48. The maximum atomic E-state index is 14.0. The molecule has 0 bridgehead atoms. The van der Waals surface area contributed by atoms with Gasteiger partial charge < -0.3 is 15.0 Å². The number of methoxy groups -OCH3 is 1. The first-order valence-corrected chi connectivity index (χ1v) is 11.1. The predicted octanol–water partition coefficient (Wildman–Crippen LogP) is 5.61. The van der Waals surface area contributed by atoms with Crippen LogP contribution in [0.25, 0.3) is 0 Å². The molecular weight excluding hydrogens is 445 g/mol. The molecule has 32 heavy (non-hydrogen) atoms. The number of rotatable bonds is 3. The van der Waals surface area contributed by atoms with E-state index in [1.54, 1.807) is 29.2 Å². The summed E-state index contributed by atoms with van der Waals surface area (Å²) in [5, 5.41) is 7.09. The summed E-state index contributed by atoms with van der Waals surface area (Å²) in [5.74, 6) is 0.194. The van der Waals surface area contributed by atoms with E-state index < -0.39 is 24.2 Å². The van der Waals surface area contributed by atoms with E-state index >= 15 is 0 Å². The second kappa shape index (κ2) is 8.50. The number of hydrogen-bond acceptors (Lipinski definition) is 4. The molecule has 2 aliphatic heterocycles. The van der Waals surface area contributed by atoms with Crippen LogP contribution in [0.15, 0.2) is 24.3 Å². The van der Waals surface area contributed by atoms with Crippen LogP contribution in [0.5, 0.6) is 5.75 Å². The van der Waals surface area contributed by atoms with E-state index in [9.17, 15) is 18.0 Å². The zero-order chi connectivity index (χ0) is 23.2. The van der Waals surface area contributed by atoms with Gasteiger partial charge in [-0.1, -0.05) is 23.7 Å². The van der Waals surface area contributed by atoms with Crippen molar-refractivity contribution in [3.63, 3.8) is 0 Å². The molecule has 1 aromatic carbocycles. The molecule has 1 saturated heterocycles. The first-order valence-electron chi connectivity index (χ1n) is 10.7. The maximum Gasteiger partial charge on any atom is 0.410 e. The smallest absolute Gasteiger partial charge is 0.410 e. The fourth-order valence-corrected chi connectivity index (χ4v) is 4.98. The number of carbonyl (C=O) groups excluding carboxylic acids is 1. The molecule has 174 valence electrons. The summed E-state index contributed by atoms with van der Waals surface area (Å²) in [4.78, 5) is 15.0. The van der Waals surface area contributed by atoms with Crippen LogP contribution in [-0.2, 0) is 0 Å². The second-order valence-electron chi connectivity index (χ2n) is 8.56. The highest BCUT2D eigenvalue weighted by atomic mass is 35.5. The number of anilines is 1. The molecule has 0 aliphatic carbocycles. The Morgan fingerprint density at radius 3 is 2.38 bits per heavy atom. The van der Waals surface area contributed by atoms with Gasteiger partial charge in [0.1, 0.15) is 16.6 Å². The molecule has 4 atom stereocenters. The SMILES string of the molecule is COc1ccc([C@@H]2C[C@H](C(F)(F)F)n3nc(C(=O)N4[C@@H](C)CCC[C@@H]4C)c(Cl)c3N2)cc1. The Morgan fingerprint density at radius 1 is 1.19 bits per heavy atom. The van der Waals surface area contributed by atoms with Crippen molar-refractivity contribution in [2.45, 2.75) is 69.9 Å². The van der Waals surface area contributed by atoms with Crippen molar-refractivity contribution < 1.29 is 22.7 Å². The van der Waals surface area contributed by atoms with Crippen LogP contribution < -0.4 is 10.1 Å². The van der Waals surface area contributed by atoms with E-state index in [0.29, 0.717) is 11.3 Å². The van der Waals surface area contributed by atoms with Gasteiger partial charge in [0.05, 0.1) is 13.2 Å². The zero-order valence-corrected chi connectivity index (χ0v) is 18.9. The number of amides is 1. The van der Waals surface area contributed by atoms with Gasteiger partial charge >= 0.3 is 6.18 Å². The summed E-state index contributed by atoms with van der Waals surface area (Å²) in [7, 11) is 1.52. The lowest BCUT2D eigenvalue weighted by molar-refractivity contribution is -0.173. The number of carbonyl (C=O) groups is 1. The van der Waals surface area contributed by atoms with Crippen LogP contribution in [0.4, 0.5) is 19.0 Å². The largest absolute Gasteiger partial charge is 0.497 e. The molecule has 1 amide bonds. The normalized spacial score (nSPS) is 25.8. The summed E-state index contributed by atoms with van der Waals surface area (Å²) < 4.78 is 48.0. The minimum absolute atomic E-state index is 0.0155. The number of nitrogens with one attached hydrogen (secondary N) is 1. The average molecular weight is 471 g/mol. The van der Waals surface area contributed by atoms with Gasteiger partial charge in [0, 0.05) is 18.5 Å². The number of fused-ring (bicyclic) bond motifs is 1. The Balaban J connectivity index is 1.72. The van der Waals surface area contributed by atoms with Gasteiger partial charge in [-0.25, -0.2) is 4.68 Å². The lowest BCUT2D eigenvalue weighted by Gasteiger charge is -2.38. The van der Waals surface area contributed by atoms with Crippen molar-refractivity contribution in [2.75, 3.05) is 12.4 Å². The van der Waals surface area contributed by atoms with Gasteiger partial charge in [-0.3, -0.25) is 4.79 Å². The van der Waals surface area contributed by atoms with Crippen LogP contribution >= 0.6 is 11.6 Å². The Kier molecular flexibility index (Phi) is 6.04. The molecule has 1 aromatic heterocycles. The third kappa shape index (κ3) is 4.02. The number of halogens is 4. The van der Waals surface area contributed by atoms with E-state index in [1.807, 2.05) is 13.8 Å². The molecule has 4 rings (SSSR count). The van der Waals surface area contributed by atoms with E-state index in [-0.39, 0.29) is 35.0 Å². The Labute approximate surface area is 189 Å². The third-order valence-corrected chi connectivity index (χ3v) is 6.80. The summed E-state index contributed by atoms with van der Waals surface area (Å²) in [5.41, 5.74) is 0.522. The second-order valence-corrected chi connectivity index (χ2v) is 8.94. The fourth-order valence-electron chi connectivity index (χ4n) is 4.72. The number of ether oxygens (including phenoxy) is 1. The third-order valence-electron chi connectivity index (χ3n) is 6.44. The van der Waals surface area contributed by atoms with E-state index in [0.717, 1.165) is 23.9 Å². The highest BCUT2D eigenvalue weighted by molar-refractivity contribution is 6.36. The summed E-state index contributed by atoms with van der Waals surface area (Å²) in [6.07, 6.45) is -2.15. The van der Waals surface area contributed by atoms with Crippen molar-refractivity contribution in [3.8, 4) is 5.75 Å². The molecule has 3 heterocycles. The number of benzene rings is 1. The summed E-state index contributed by atoms with van der Waals surface area (Å²) >= 11 is 6.49. The van der Waals surface area contributed by atoms with Gasteiger partial charge in [-0.2, -0.15) is 18.3 Å². The molecule has 2 aliphatic rings. The quantitative estimate of drug-likeness (QED) is 0.633. The van der Waals surface area contributed by atoms with Gasteiger partial charge in [0.25, 0.3) is 5.91 Å². The van der Waals surface area contributed by atoms with Crippen LogP contribution in [0, 0.1) is 0 Å². The molecule has 1 N–H and O–H groups in total.